The average molecular weight is 295 g/mol. The molecule has 0 saturated heterocycles. The van der Waals surface area contributed by atoms with Gasteiger partial charge in [0.15, 0.2) is 0 Å². The summed E-state index contributed by atoms with van der Waals surface area (Å²) in [6.45, 7) is -0.179. The van der Waals surface area contributed by atoms with E-state index in [1.165, 1.54) is 6.07 Å². The van der Waals surface area contributed by atoms with Gasteiger partial charge in [0.25, 0.3) is 0 Å². The summed E-state index contributed by atoms with van der Waals surface area (Å²) in [5.74, 6) is 0.0623. The van der Waals surface area contributed by atoms with Crippen molar-refractivity contribution in [1.29, 1.82) is 0 Å². The van der Waals surface area contributed by atoms with E-state index in [0.717, 1.165) is 17.7 Å². The van der Waals surface area contributed by atoms with E-state index < -0.39 is 11.7 Å². The highest BCUT2D eigenvalue weighted by atomic mass is 19.4. The minimum atomic E-state index is -4.50. The fourth-order valence-corrected chi connectivity index (χ4v) is 1.81. The van der Waals surface area contributed by atoms with Crippen molar-refractivity contribution in [2.24, 2.45) is 5.18 Å². The molecule has 2 aromatic rings. The van der Waals surface area contributed by atoms with Crippen molar-refractivity contribution in [2.75, 3.05) is 0 Å². The van der Waals surface area contributed by atoms with Crippen LogP contribution in [0.3, 0.4) is 0 Å². The zero-order valence-electron chi connectivity index (χ0n) is 10.9. The van der Waals surface area contributed by atoms with Crippen LogP contribution < -0.4 is 4.74 Å². The predicted octanol–water partition coefficient (Wildman–Crippen LogP) is 4.55. The molecule has 0 unspecified atom stereocenters. The third-order valence-electron chi connectivity index (χ3n) is 2.79. The number of nitrogens with zero attached hydrogens (tertiary/aromatic N) is 1. The van der Waals surface area contributed by atoms with E-state index in [4.69, 9.17) is 4.74 Å². The van der Waals surface area contributed by atoms with Crippen molar-refractivity contribution in [3.05, 3.63) is 70.1 Å². The molecular weight excluding hydrogens is 283 g/mol. The molecular formula is C15H12F3NO2. The van der Waals surface area contributed by atoms with Crippen molar-refractivity contribution < 1.29 is 17.9 Å². The molecule has 0 fully saturated rings. The van der Waals surface area contributed by atoms with Crippen LogP contribution in [0.15, 0.2) is 53.7 Å². The Balaban J connectivity index is 2.21. The molecule has 0 saturated carbocycles. The summed E-state index contributed by atoms with van der Waals surface area (Å²) in [7, 11) is 0. The van der Waals surface area contributed by atoms with Crippen LogP contribution in [0, 0.1) is 4.91 Å². The van der Waals surface area contributed by atoms with Crippen LogP contribution >= 0.6 is 0 Å². The van der Waals surface area contributed by atoms with Crippen LogP contribution in [0.25, 0.3) is 0 Å². The van der Waals surface area contributed by atoms with Gasteiger partial charge in [-0.15, -0.1) is 0 Å². The van der Waals surface area contributed by atoms with E-state index in [0.29, 0.717) is 0 Å². The number of hydrogen-bond acceptors (Lipinski definition) is 3. The molecule has 110 valence electrons. The Hall–Kier alpha value is -2.37. The molecule has 2 rings (SSSR count). The number of benzene rings is 2. The van der Waals surface area contributed by atoms with Crippen molar-refractivity contribution in [1.82, 2.24) is 0 Å². The topological polar surface area (TPSA) is 38.7 Å². The molecule has 6 heteroatoms. The molecule has 0 bridgehead atoms. The van der Waals surface area contributed by atoms with Crippen molar-refractivity contribution in [3.63, 3.8) is 0 Å². The Morgan fingerprint density at radius 3 is 2.33 bits per heavy atom. The highest BCUT2D eigenvalue weighted by Gasteiger charge is 2.31. The van der Waals surface area contributed by atoms with Gasteiger partial charge in [0.05, 0.1) is 5.56 Å². The highest BCUT2D eigenvalue weighted by Crippen LogP contribution is 2.33. The third kappa shape index (κ3) is 4.30. The first-order chi connectivity index (χ1) is 9.99. The number of halogens is 3. The fourth-order valence-electron chi connectivity index (χ4n) is 1.81. The molecule has 0 N–H and O–H groups in total. The minimum Gasteiger partial charge on any atom is -0.489 e. The Kier molecular flexibility index (Phi) is 4.57. The SMILES string of the molecule is O=NCc1cc(OCc2ccccc2)cc(C(F)(F)F)c1. The van der Waals surface area contributed by atoms with Gasteiger partial charge >= 0.3 is 6.18 Å². The monoisotopic (exact) mass is 295 g/mol. The summed E-state index contributed by atoms with van der Waals surface area (Å²) in [6, 6.07) is 12.3. The number of ether oxygens (including phenoxy) is 1. The van der Waals surface area contributed by atoms with Gasteiger partial charge in [-0.05, 0) is 29.3 Å². The van der Waals surface area contributed by atoms with Crippen LogP contribution in [-0.2, 0) is 19.3 Å². The lowest BCUT2D eigenvalue weighted by molar-refractivity contribution is -0.137. The zero-order valence-corrected chi connectivity index (χ0v) is 10.9. The van der Waals surface area contributed by atoms with Crippen LogP contribution in [0.2, 0.25) is 0 Å². The Morgan fingerprint density at radius 1 is 1.00 bits per heavy atom. The lowest BCUT2D eigenvalue weighted by Crippen LogP contribution is -2.06. The standard InChI is InChI=1S/C15H12F3NO2/c16-15(17,18)13-6-12(9-19-20)7-14(8-13)21-10-11-4-2-1-3-5-11/h1-8H,9-10H2. The third-order valence-corrected chi connectivity index (χ3v) is 2.79. The van der Waals surface area contributed by atoms with Crippen LogP contribution in [-0.4, -0.2) is 0 Å². The summed E-state index contributed by atoms with van der Waals surface area (Å²) in [4.78, 5) is 10.3. The van der Waals surface area contributed by atoms with Gasteiger partial charge in [-0.2, -0.15) is 18.1 Å². The molecule has 0 aliphatic carbocycles. The minimum absolute atomic E-state index is 0.0623. The molecule has 0 radical (unpaired) electrons. The second-order valence-corrected chi connectivity index (χ2v) is 4.42. The van der Waals surface area contributed by atoms with Gasteiger partial charge in [0, 0.05) is 0 Å². The number of hydrogen-bond donors (Lipinski definition) is 0. The molecule has 0 aromatic heterocycles. The van der Waals surface area contributed by atoms with Gasteiger partial charge in [-0.1, -0.05) is 35.5 Å². The van der Waals surface area contributed by atoms with Crippen LogP contribution in [0.1, 0.15) is 16.7 Å². The first-order valence-corrected chi connectivity index (χ1v) is 6.16. The van der Waals surface area contributed by atoms with E-state index in [9.17, 15) is 18.1 Å². The maximum absolute atomic E-state index is 12.8. The summed E-state index contributed by atoms with van der Waals surface area (Å²) in [5, 5.41) is 2.62. The Morgan fingerprint density at radius 2 is 1.71 bits per heavy atom. The maximum atomic E-state index is 12.8. The largest absolute Gasteiger partial charge is 0.489 e. The predicted molar refractivity (Wildman–Crippen MR) is 71.7 cm³/mol. The highest BCUT2D eigenvalue weighted by molar-refractivity contribution is 5.36. The Bertz CT molecular complexity index is 612. The Labute approximate surface area is 119 Å². The van der Waals surface area contributed by atoms with Gasteiger partial charge in [0.1, 0.15) is 18.9 Å². The van der Waals surface area contributed by atoms with Crippen molar-refractivity contribution in [3.8, 4) is 5.75 Å². The first-order valence-electron chi connectivity index (χ1n) is 6.16. The second kappa shape index (κ2) is 6.39. The normalized spacial score (nSPS) is 11.2. The van der Waals surface area contributed by atoms with E-state index in [1.54, 1.807) is 0 Å². The van der Waals surface area contributed by atoms with Gasteiger partial charge in [0.2, 0.25) is 0 Å². The summed E-state index contributed by atoms with van der Waals surface area (Å²) in [6.07, 6.45) is -4.50. The lowest BCUT2D eigenvalue weighted by atomic mass is 10.1. The lowest BCUT2D eigenvalue weighted by Gasteiger charge is -2.12. The van der Waals surface area contributed by atoms with Gasteiger partial charge in [-0.25, -0.2) is 0 Å². The smallest absolute Gasteiger partial charge is 0.416 e. The van der Waals surface area contributed by atoms with Crippen molar-refractivity contribution in [2.45, 2.75) is 19.3 Å². The van der Waals surface area contributed by atoms with Crippen LogP contribution in [0.4, 0.5) is 13.2 Å². The molecule has 0 aliphatic heterocycles. The fraction of sp³-hybridized carbons (Fsp3) is 0.200. The summed E-state index contributed by atoms with van der Waals surface area (Å²) >= 11 is 0. The molecule has 0 atom stereocenters. The molecule has 0 heterocycles. The second-order valence-electron chi connectivity index (χ2n) is 4.42. The molecule has 0 spiro atoms. The summed E-state index contributed by atoms with van der Waals surface area (Å²) < 4.78 is 43.7. The molecule has 3 nitrogen and oxygen atoms in total. The molecule has 0 amide bonds. The van der Waals surface area contributed by atoms with E-state index in [2.05, 4.69) is 5.18 Å². The molecule has 0 aliphatic rings. The first kappa shape index (κ1) is 15.0. The van der Waals surface area contributed by atoms with E-state index in [1.807, 2.05) is 30.3 Å². The van der Waals surface area contributed by atoms with E-state index >= 15 is 0 Å². The molecule has 21 heavy (non-hydrogen) atoms. The van der Waals surface area contributed by atoms with Gasteiger partial charge in [-0.3, -0.25) is 0 Å². The number of nitroso groups, excluding NO2 is 1. The number of rotatable bonds is 5. The van der Waals surface area contributed by atoms with Crippen molar-refractivity contribution >= 4 is 0 Å². The van der Waals surface area contributed by atoms with Crippen LogP contribution in [0.5, 0.6) is 5.75 Å². The van der Waals surface area contributed by atoms with Gasteiger partial charge < -0.3 is 4.74 Å². The summed E-state index contributed by atoms with van der Waals surface area (Å²) in [5.41, 5.74) is 0.152. The number of alkyl halides is 3. The maximum Gasteiger partial charge on any atom is 0.416 e. The van der Waals surface area contributed by atoms with E-state index in [-0.39, 0.29) is 24.5 Å². The average Bonchev–Trinajstić information content (AvgIpc) is 2.45. The molecule has 2 aromatic carbocycles. The quantitative estimate of drug-likeness (QED) is 0.759. The zero-order chi connectivity index (χ0) is 15.3.